The number of nitrogens with zero attached hydrogens (tertiary/aromatic N) is 5. The minimum absolute atomic E-state index is 0.427. The van der Waals surface area contributed by atoms with Gasteiger partial charge in [0.05, 0.1) is 24.4 Å². The van der Waals surface area contributed by atoms with E-state index >= 15 is 0 Å². The van der Waals surface area contributed by atoms with Gasteiger partial charge in [-0.25, -0.2) is 9.97 Å². The van der Waals surface area contributed by atoms with Crippen LogP contribution in [0, 0.1) is 11.3 Å². The molecule has 6 nitrogen and oxygen atoms in total. The maximum absolute atomic E-state index is 8.91. The van der Waals surface area contributed by atoms with Crippen LogP contribution in [0.1, 0.15) is 11.1 Å². The molecular weight excluding hydrogens is 264 g/mol. The Morgan fingerprint density at radius 3 is 3.00 bits per heavy atom. The minimum atomic E-state index is 0.427. The van der Waals surface area contributed by atoms with Gasteiger partial charge in [-0.2, -0.15) is 10.4 Å². The molecule has 0 saturated heterocycles. The van der Waals surface area contributed by atoms with E-state index in [4.69, 9.17) is 11.0 Å². The van der Waals surface area contributed by atoms with Crippen LogP contribution in [-0.4, -0.2) is 19.7 Å². The van der Waals surface area contributed by atoms with Crippen LogP contribution in [0.2, 0.25) is 0 Å². The first-order valence-corrected chi connectivity index (χ1v) is 6.33. The van der Waals surface area contributed by atoms with Crippen molar-refractivity contribution >= 4 is 5.82 Å². The third-order valence-electron chi connectivity index (χ3n) is 3.09. The molecular formula is C15H12N6. The molecule has 0 bridgehead atoms. The van der Waals surface area contributed by atoms with Crippen LogP contribution in [0.4, 0.5) is 5.82 Å². The van der Waals surface area contributed by atoms with Crippen molar-refractivity contribution < 1.29 is 0 Å². The summed E-state index contributed by atoms with van der Waals surface area (Å²) in [6.45, 7) is 0.586. The molecule has 102 valence electrons. The second kappa shape index (κ2) is 5.43. The van der Waals surface area contributed by atoms with E-state index in [-0.39, 0.29) is 0 Å². The monoisotopic (exact) mass is 276 g/mol. The summed E-state index contributed by atoms with van der Waals surface area (Å²) in [6.07, 6.45) is 6.69. The van der Waals surface area contributed by atoms with Gasteiger partial charge in [-0.1, -0.05) is 12.1 Å². The molecule has 0 amide bonds. The molecule has 0 saturated carbocycles. The summed E-state index contributed by atoms with van der Waals surface area (Å²) in [7, 11) is 0. The van der Waals surface area contributed by atoms with Crippen LogP contribution in [-0.2, 0) is 6.54 Å². The number of hydrogen-bond donors (Lipinski definition) is 1. The SMILES string of the molecule is N#Cc1cccc(Cn2cc(-c3cncnc3N)cn2)c1. The third kappa shape index (κ3) is 2.72. The molecule has 2 N–H and O–H groups in total. The molecule has 0 atom stereocenters. The van der Waals surface area contributed by atoms with Gasteiger partial charge < -0.3 is 5.73 Å². The van der Waals surface area contributed by atoms with E-state index in [0.717, 1.165) is 16.7 Å². The van der Waals surface area contributed by atoms with Gasteiger partial charge in [-0.3, -0.25) is 4.68 Å². The Kier molecular flexibility index (Phi) is 3.31. The van der Waals surface area contributed by atoms with Gasteiger partial charge in [0.2, 0.25) is 0 Å². The van der Waals surface area contributed by atoms with Crippen LogP contribution >= 0.6 is 0 Å². The van der Waals surface area contributed by atoms with Gasteiger partial charge in [0, 0.05) is 23.5 Å². The van der Waals surface area contributed by atoms with E-state index in [1.165, 1.54) is 6.33 Å². The van der Waals surface area contributed by atoms with Gasteiger partial charge in [0.1, 0.15) is 12.1 Å². The zero-order valence-electron chi connectivity index (χ0n) is 11.1. The van der Waals surface area contributed by atoms with Crippen molar-refractivity contribution in [3.8, 4) is 17.2 Å². The first kappa shape index (κ1) is 12.8. The molecule has 0 aliphatic rings. The fraction of sp³-hybridized carbons (Fsp3) is 0.0667. The maximum Gasteiger partial charge on any atom is 0.134 e. The van der Waals surface area contributed by atoms with Gasteiger partial charge in [-0.05, 0) is 17.7 Å². The Labute approximate surface area is 121 Å². The average Bonchev–Trinajstić information content (AvgIpc) is 2.96. The first-order valence-electron chi connectivity index (χ1n) is 6.33. The second-order valence-corrected chi connectivity index (χ2v) is 4.56. The van der Waals surface area contributed by atoms with Crippen molar-refractivity contribution in [2.45, 2.75) is 6.54 Å². The number of aromatic nitrogens is 4. The van der Waals surface area contributed by atoms with Crippen LogP contribution in [0.15, 0.2) is 49.2 Å². The number of nitrogen functional groups attached to an aromatic ring is 1. The summed E-state index contributed by atoms with van der Waals surface area (Å²) in [5.74, 6) is 0.427. The fourth-order valence-electron chi connectivity index (χ4n) is 2.08. The van der Waals surface area contributed by atoms with Crippen LogP contribution in [0.5, 0.6) is 0 Å². The molecule has 0 spiro atoms. The minimum Gasteiger partial charge on any atom is -0.383 e. The molecule has 0 aliphatic carbocycles. The van der Waals surface area contributed by atoms with Crippen molar-refractivity contribution in [2.75, 3.05) is 5.73 Å². The molecule has 6 heteroatoms. The largest absolute Gasteiger partial charge is 0.383 e. The van der Waals surface area contributed by atoms with E-state index in [1.807, 2.05) is 24.4 Å². The van der Waals surface area contributed by atoms with Crippen LogP contribution < -0.4 is 5.73 Å². The number of anilines is 1. The van der Waals surface area contributed by atoms with Crippen molar-refractivity contribution in [3.05, 3.63) is 60.3 Å². The quantitative estimate of drug-likeness (QED) is 0.787. The van der Waals surface area contributed by atoms with E-state index in [9.17, 15) is 0 Å². The Bertz CT molecular complexity index is 815. The Balaban J connectivity index is 1.86. The number of nitrogens with two attached hydrogens (primary N) is 1. The Morgan fingerprint density at radius 1 is 1.29 bits per heavy atom. The zero-order chi connectivity index (χ0) is 14.7. The molecule has 3 aromatic rings. The average molecular weight is 276 g/mol. The lowest BCUT2D eigenvalue weighted by Gasteiger charge is -2.02. The molecule has 0 radical (unpaired) electrons. The predicted molar refractivity (Wildman–Crippen MR) is 77.9 cm³/mol. The highest BCUT2D eigenvalue weighted by molar-refractivity contribution is 5.71. The lowest BCUT2D eigenvalue weighted by Crippen LogP contribution is -2.00. The molecule has 2 aromatic heterocycles. The van der Waals surface area contributed by atoms with Crippen molar-refractivity contribution in [2.24, 2.45) is 0 Å². The lowest BCUT2D eigenvalue weighted by atomic mass is 10.1. The van der Waals surface area contributed by atoms with E-state index in [1.54, 1.807) is 23.1 Å². The van der Waals surface area contributed by atoms with Crippen molar-refractivity contribution in [1.82, 2.24) is 19.7 Å². The molecule has 3 rings (SSSR count). The number of rotatable bonds is 3. The second-order valence-electron chi connectivity index (χ2n) is 4.56. The molecule has 2 heterocycles. The first-order chi connectivity index (χ1) is 10.3. The van der Waals surface area contributed by atoms with Gasteiger partial charge in [0.25, 0.3) is 0 Å². The highest BCUT2D eigenvalue weighted by atomic mass is 15.3. The van der Waals surface area contributed by atoms with Gasteiger partial charge in [0.15, 0.2) is 0 Å². The molecule has 0 aliphatic heterocycles. The van der Waals surface area contributed by atoms with E-state index in [0.29, 0.717) is 17.9 Å². The molecule has 1 aromatic carbocycles. The standard InChI is InChI=1S/C15H12N6/c16-5-11-2-1-3-12(4-11)8-21-9-13(6-20-21)14-7-18-10-19-15(14)17/h1-4,6-7,9-10H,8H2,(H2,17,18,19). The summed E-state index contributed by atoms with van der Waals surface area (Å²) in [6, 6.07) is 9.58. The number of benzene rings is 1. The molecule has 21 heavy (non-hydrogen) atoms. The van der Waals surface area contributed by atoms with E-state index in [2.05, 4.69) is 21.1 Å². The fourth-order valence-corrected chi connectivity index (χ4v) is 2.08. The zero-order valence-corrected chi connectivity index (χ0v) is 11.1. The Morgan fingerprint density at radius 2 is 2.19 bits per heavy atom. The summed E-state index contributed by atoms with van der Waals surface area (Å²) in [5.41, 5.74) is 9.11. The lowest BCUT2D eigenvalue weighted by molar-refractivity contribution is 0.687. The van der Waals surface area contributed by atoms with Crippen molar-refractivity contribution in [1.29, 1.82) is 5.26 Å². The summed E-state index contributed by atoms with van der Waals surface area (Å²) >= 11 is 0. The third-order valence-corrected chi connectivity index (χ3v) is 3.09. The normalized spacial score (nSPS) is 10.2. The van der Waals surface area contributed by atoms with Crippen molar-refractivity contribution in [3.63, 3.8) is 0 Å². The van der Waals surface area contributed by atoms with Gasteiger partial charge >= 0.3 is 0 Å². The number of nitriles is 1. The summed E-state index contributed by atoms with van der Waals surface area (Å²) in [5, 5.41) is 13.2. The van der Waals surface area contributed by atoms with Crippen LogP contribution in [0.3, 0.4) is 0 Å². The van der Waals surface area contributed by atoms with Crippen LogP contribution in [0.25, 0.3) is 11.1 Å². The molecule has 0 fully saturated rings. The molecule has 0 unspecified atom stereocenters. The number of hydrogen-bond acceptors (Lipinski definition) is 5. The predicted octanol–water partition coefficient (Wildman–Crippen LogP) is 1.84. The summed E-state index contributed by atoms with van der Waals surface area (Å²) < 4.78 is 1.79. The smallest absolute Gasteiger partial charge is 0.134 e. The highest BCUT2D eigenvalue weighted by Crippen LogP contribution is 2.22. The van der Waals surface area contributed by atoms with E-state index < -0.39 is 0 Å². The summed E-state index contributed by atoms with van der Waals surface area (Å²) in [4.78, 5) is 7.94. The maximum atomic E-state index is 8.91. The highest BCUT2D eigenvalue weighted by Gasteiger charge is 2.07. The van der Waals surface area contributed by atoms with Gasteiger partial charge in [-0.15, -0.1) is 0 Å². The topological polar surface area (TPSA) is 93.4 Å². The Hall–Kier alpha value is -3.20.